The smallest absolute Gasteiger partial charge is 0.319 e. The van der Waals surface area contributed by atoms with Crippen LogP contribution in [0.15, 0.2) is 0 Å². The molecule has 0 saturated carbocycles. The normalized spacial score (nSPS) is 27.8. The summed E-state index contributed by atoms with van der Waals surface area (Å²) in [7, 11) is 3.76. The maximum Gasteiger partial charge on any atom is 0.319 e. The monoisotopic (exact) mass is 366 g/mol. The molecule has 2 N–H and O–H groups in total. The minimum Gasteiger partial charge on any atom is -0.331 e. The Balaban J connectivity index is 2.39. The standard InChI is InChI=1S/C21H42N4O/c1-18(2)11-15(12-19(3,4)22-18)25(17(26)24(9)10)16-13-20(5,6)23-21(7,8)14-16/h15-16,22-23H,11-14H2,1-10H3. The van der Waals surface area contributed by atoms with E-state index in [2.05, 4.69) is 70.9 Å². The highest BCUT2D eigenvalue weighted by Crippen LogP contribution is 2.38. The molecule has 0 aromatic heterocycles. The van der Waals surface area contributed by atoms with Gasteiger partial charge in [-0.3, -0.25) is 0 Å². The molecular formula is C21H42N4O. The van der Waals surface area contributed by atoms with E-state index in [-0.39, 0.29) is 40.3 Å². The Kier molecular flexibility index (Phi) is 5.51. The average molecular weight is 367 g/mol. The van der Waals surface area contributed by atoms with Crippen LogP contribution in [-0.4, -0.2) is 64.2 Å². The Morgan fingerprint density at radius 3 is 1.19 bits per heavy atom. The third-order valence-electron chi connectivity index (χ3n) is 5.73. The molecule has 0 spiro atoms. The molecule has 2 rings (SSSR count). The van der Waals surface area contributed by atoms with E-state index in [0.29, 0.717) is 0 Å². The van der Waals surface area contributed by atoms with Gasteiger partial charge in [-0.1, -0.05) is 0 Å². The van der Waals surface area contributed by atoms with Crippen LogP contribution in [0.1, 0.15) is 81.1 Å². The van der Waals surface area contributed by atoms with Gasteiger partial charge in [-0.2, -0.15) is 0 Å². The number of rotatable bonds is 2. The molecule has 0 unspecified atom stereocenters. The lowest BCUT2D eigenvalue weighted by atomic mass is 9.75. The van der Waals surface area contributed by atoms with Crippen molar-refractivity contribution in [2.24, 2.45) is 0 Å². The first-order chi connectivity index (χ1) is 11.5. The Morgan fingerprint density at radius 2 is 0.962 bits per heavy atom. The van der Waals surface area contributed by atoms with Crippen LogP contribution in [-0.2, 0) is 0 Å². The van der Waals surface area contributed by atoms with Gasteiger partial charge >= 0.3 is 6.03 Å². The van der Waals surface area contributed by atoms with E-state index in [1.165, 1.54) is 0 Å². The van der Waals surface area contributed by atoms with Crippen LogP contribution < -0.4 is 10.6 Å². The highest BCUT2D eigenvalue weighted by Gasteiger charge is 2.47. The van der Waals surface area contributed by atoms with Crippen LogP contribution >= 0.6 is 0 Å². The van der Waals surface area contributed by atoms with E-state index in [9.17, 15) is 4.79 Å². The van der Waals surface area contributed by atoms with Gasteiger partial charge in [0.1, 0.15) is 0 Å². The van der Waals surface area contributed by atoms with Crippen molar-refractivity contribution in [2.45, 2.75) is 115 Å². The molecule has 2 amide bonds. The van der Waals surface area contributed by atoms with Gasteiger partial charge in [-0.05, 0) is 81.1 Å². The van der Waals surface area contributed by atoms with Gasteiger partial charge in [-0.25, -0.2) is 4.79 Å². The van der Waals surface area contributed by atoms with Gasteiger partial charge in [0.05, 0.1) is 0 Å². The first-order valence-corrected chi connectivity index (χ1v) is 10.1. The van der Waals surface area contributed by atoms with Crippen molar-refractivity contribution >= 4 is 6.03 Å². The molecule has 152 valence electrons. The second-order valence-electron chi connectivity index (χ2n) is 11.5. The zero-order valence-corrected chi connectivity index (χ0v) is 18.8. The van der Waals surface area contributed by atoms with Crippen molar-refractivity contribution in [1.29, 1.82) is 0 Å². The Hall–Kier alpha value is -0.810. The predicted octanol–water partition coefficient (Wildman–Crippen LogP) is 3.59. The molecule has 0 aromatic rings. The molecule has 0 aromatic carbocycles. The second-order valence-corrected chi connectivity index (χ2v) is 11.5. The van der Waals surface area contributed by atoms with Crippen LogP contribution in [0.2, 0.25) is 0 Å². The molecule has 0 bridgehead atoms. The van der Waals surface area contributed by atoms with Crippen molar-refractivity contribution in [3.05, 3.63) is 0 Å². The zero-order chi connectivity index (χ0) is 20.1. The van der Waals surface area contributed by atoms with Crippen LogP contribution in [0.4, 0.5) is 4.79 Å². The zero-order valence-electron chi connectivity index (χ0n) is 18.8. The lowest BCUT2D eigenvalue weighted by molar-refractivity contribution is 0.0150. The van der Waals surface area contributed by atoms with Gasteiger partial charge in [-0.15, -0.1) is 0 Å². The molecule has 0 atom stereocenters. The number of hydrogen-bond acceptors (Lipinski definition) is 3. The highest BCUT2D eigenvalue weighted by atomic mass is 16.2. The summed E-state index contributed by atoms with van der Waals surface area (Å²) in [6, 6.07) is 0.665. The number of carbonyl (C=O) groups excluding carboxylic acids is 1. The molecule has 2 aliphatic heterocycles. The summed E-state index contributed by atoms with van der Waals surface area (Å²) >= 11 is 0. The number of nitrogens with zero attached hydrogens (tertiary/aromatic N) is 2. The van der Waals surface area contributed by atoms with Crippen molar-refractivity contribution in [2.75, 3.05) is 14.1 Å². The Morgan fingerprint density at radius 1 is 0.692 bits per heavy atom. The summed E-state index contributed by atoms with van der Waals surface area (Å²) in [5.74, 6) is 0. The molecule has 5 heteroatoms. The lowest BCUT2D eigenvalue weighted by Gasteiger charge is -2.55. The van der Waals surface area contributed by atoms with Crippen LogP contribution in [0.5, 0.6) is 0 Å². The van der Waals surface area contributed by atoms with Gasteiger partial charge < -0.3 is 20.4 Å². The van der Waals surface area contributed by atoms with E-state index in [1.54, 1.807) is 4.90 Å². The fraction of sp³-hybridized carbons (Fsp3) is 0.952. The molecule has 2 heterocycles. The molecule has 0 aliphatic carbocycles. The van der Waals surface area contributed by atoms with E-state index >= 15 is 0 Å². The quantitative estimate of drug-likeness (QED) is 0.785. The SMILES string of the molecule is CN(C)C(=O)N(C1CC(C)(C)NC(C)(C)C1)C1CC(C)(C)NC(C)(C)C1. The van der Waals surface area contributed by atoms with Crippen molar-refractivity contribution in [1.82, 2.24) is 20.4 Å². The van der Waals surface area contributed by atoms with Crippen molar-refractivity contribution < 1.29 is 4.79 Å². The number of nitrogens with one attached hydrogen (secondary N) is 2. The third-order valence-corrected chi connectivity index (χ3v) is 5.73. The highest BCUT2D eigenvalue weighted by molar-refractivity contribution is 5.74. The first kappa shape index (κ1) is 21.5. The third kappa shape index (κ3) is 5.13. The van der Waals surface area contributed by atoms with Crippen molar-refractivity contribution in [3.8, 4) is 0 Å². The Bertz CT molecular complexity index is 466. The molecule has 2 fully saturated rings. The summed E-state index contributed by atoms with van der Waals surface area (Å²) in [6.07, 6.45) is 3.95. The average Bonchev–Trinajstić information content (AvgIpc) is 2.30. The molecule has 5 nitrogen and oxygen atoms in total. The van der Waals surface area contributed by atoms with Crippen molar-refractivity contribution in [3.63, 3.8) is 0 Å². The van der Waals surface area contributed by atoms with Crippen LogP contribution in [0.3, 0.4) is 0 Å². The number of amides is 2. The van der Waals surface area contributed by atoms with Gasteiger partial charge in [0.15, 0.2) is 0 Å². The second kappa shape index (κ2) is 6.66. The van der Waals surface area contributed by atoms with E-state index in [0.717, 1.165) is 25.7 Å². The number of urea groups is 1. The van der Waals surface area contributed by atoms with Crippen LogP contribution in [0, 0.1) is 0 Å². The van der Waals surface area contributed by atoms with E-state index in [4.69, 9.17) is 0 Å². The van der Waals surface area contributed by atoms with E-state index < -0.39 is 0 Å². The molecular weight excluding hydrogens is 324 g/mol. The predicted molar refractivity (Wildman–Crippen MR) is 110 cm³/mol. The number of hydrogen-bond donors (Lipinski definition) is 2. The molecule has 2 saturated heterocycles. The fourth-order valence-corrected chi connectivity index (χ4v) is 5.77. The molecule has 0 radical (unpaired) electrons. The van der Waals surface area contributed by atoms with Crippen LogP contribution in [0.25, 0.3) is 0 Å². The Labute approximate surface area is 161 Å². The maximum absolute atomic E-state index is 13.3. The number of piperidine rings is 2. The minimum absolute atomic E-state index is 0.0230. The van der Waals surface area contributed by atoms with Gasteiger partial charge in [0, 0.05) is 48.3 Å². The minimum atomic E-state index is 0.0230. The summed E-state index contributed by atoms with van der Waals surface area (Å²) in [5, 5.41) is 7.51. The summed E-state index contributed by atoms with van der Waals surface area (Å²) < 4.78 is 0. The van der Waals surface area contributed by atoms with E-state index in [1.807, 2.05) is 14.1 Å². The molecule has 26 heavy (non-hydrogen) atoms. The van der Waals surface area contributed by atoms with Gasteiger partial charge in [0.2, 0.25) is 0 Å². The summed E-state index contributed by atoms with van der Waals surface area (Å²) in [4.78, 5) is 17.3. The largest absolute Gasteiger partial charge is 0.331 e. The lowest BCUT2D eigenvalue weighted by Crippen LogP contribution is -2.68. The molecule has 2 aliphatic rings. The number of carbonyl (C=O) groups is 1. The first-order valence-electron chi connectivity index (χ1n) is 10.1. The topological polar surface area (TPSA) is 47.6 Å². The maximum atomic E-state index is 13.3. The summed E-state index contributed by atoms with van der Waals surface area (Å²) in [5.41, 5.74) is 0.0921. The fourth-order valence-electron chi connectivity index (χ4n) is 5.77. The summed E-state index contributed by atoms with van der Waals surface area (Å²) in [6.45, 7) is 18.1. The van der Waals surface area contributed by atoms with Gasteiger partial charge in [0.25, 0.3) is 0 Å².